The second-order valence-electron chi connectivity index (χ2n) is 6.64. The zero-order chi connectivity index (χ0) is 18.1. The van der Waals surface area contributed by atoms with Crippen LogP contribution in [0.4, 0.5) is 0 Å². The van der Waals surface area contributed by atoms with E-state index in [2.05, 4.69) is 31.1 Å². The molecule has 3 rings (SSSR count). The second-order valence-corrected chi connectivity index (χ2v) is 6.64. The van der Waals surface area contributed by atoms with E-state index in [1.54, 1.807) is 28.5 Å². The Kier molecular flexibility index (Phi) is 4.61. The van der Waals surface area contributed by atoms with E-state index in [4.69, 9.17) is 0 Å². The number of carbonyl (C=O) groups is 2. The lowest BCUT2D eigenvalue weighted by atomic mass is 10.0. The molecule has 0 saturated carbocycles. The van der Waals surface area contributed by atoms with E-state index in [1.807, 2.05) is 12.1 Å². The van der Waals surface area contributed by atoms with E-state index in [1.165, 1.54) is 11.1 Å². The van der Waals surface area contributed by atoms with Gasteiger partial charge in [0.15, 0.2) is 0 Å². The molecule has 0 unspecified atom stereocenters. The van der Waals surface area contributed by atoms with Gasteiger partial charge < -0.3 is 9.80 Å². The first-order valence-corrected chi connectivity index (χ1v) is 8.53. The minimum absolute atomic E-state index is 0.0340. The van der Waals surface area contributed by atoms with Crippen LogP contribution in [0.25, 0.3) is 11.3 Å². The molecule has 0 aliphatic carbocycles. The standard InChI is InChI=1S/C19H24N4O2/c1-13-5-6-16(11-14(13)2)17-12-18(21(4)20-17)19(25)23-9-7-22(8-10-23)15(3)24/h5-6,11-12H,7-10H2,1-4H3. The second kappa shape index (κ2) is 6.70. The van der Waals surface area contributed by atoms with Crippen molar-refractivity contribution >= 4 is 11.8 Å². The number of piperazine rings is 1. The normalized spacial score (nSPS) is 14.7. The molecule has 1 aliphatic rings. The predicted molar refractivity (Wildman–Crippen MR) is 96.3 cm³/mol. The zero-order valence-corrected chi connectivity index (χ0v) is 15.2. The smallest absolute Gasteiger partial charge is 0.272 e. The Morgan fingerprint density at radius 3 is 2.20 bits per heavy atom. The van der Waals surface area contributed by atoms with Crippen LogP contribution < -0.4 is 0 Å². The van der Waals surface area contributed by atoms with Crippen molar-refractivity contribution in [1.82, 2.24) is 19.6 Å². The third kappa shape index (κ3) is 3.43. The van der Waals surface area contributed by atoms with E-state index in [0.29, 0.717) is 31.9 Å². The molecule has 1 fully saturated rings. The van der Waals surface area contributed by atoms with Crippen LogP contribution >= 0.6 is 0 Å². The van der Waals surface area contributed by atoms with Crippen molar-refractivity contribution in [3.05, 3.63) is 41.1 Å². The molecule has 1 aromatic heterocycles. The summed E-state index contributed by atoms with van der Waals surface area (Å²) < 4.78 is 1.64. The lowest BCUT2D eigenvalue weighted by molar-refractivity contribution is -0.130. The fourth-order valence-corrected chi connectivity index (χ4v) is 3.10. The lowest BCUT2D eigenvalue weighted by Crippen LogP contribution is -2.50. The molecule has 0 radical (unpaired) electrons. The summed E-state index contributed by atoms with van der Waals surface area (Å²) in [6, 6.07) is 8.05. The van der Waals surface area contributed by atoms with E-state index in [-0.39, 0.29) is 11.8 Å². The Labute approximate surface area is 148 Å². The van der Waals surface area contributed by atoms with Crippen LogP contribution in [0, 0.1) is 13.8 Å². The predicted octanol–water partition coefficient (Wildman–Crippen LogP) is 2.01. The molecule has 6 heteroatoms. The number of nitrogens with zero attached hydrogens (tertiary/aromatic N) is 4. The van der Waals surface area contributed by atoms with Crippen LogP contribution in [0.3, 0.4) is 0 Å². The summed E-state index contributed by atoms with van der Waals surface area (Å²) >= 11 is 0. The van der Waals surface area contributed by atoms with Gasteiger partial charge in [-0.15, -0.1) is 0 Å². The molecule has 0 N–H and O–H groups in total. The average Bonchev–Trinajstić information content (AvgIpc) is 2.98. The molecular weight excluding hydrogens is 316 g/mol. The quantitative estimate of drug-likeness (QED) is 0.840. The molecule has 2 aromatic rings. The number of aryl methyl sites for hydroxylation is 3. The van der Waals surface area contributed by atoms with Gasteiger partial charge in [0, 0.05) is 45.7 Å². The molecule has 6 nitrogen and oxygen atoms in total. The summed E-state index contributed by atoms with van der Waals surface area (Å²) in [5.74, 6) is 0.0259. The van der Waals surface area contributed by atoms with E-state index >= 15 is 0 Å². The number of hydrogen-bond donors (Lipinski definition) is 0. The fourth-order valence-electron chi connectivity index (χ4n) is 3.10. The van der Waals surface area contributed by atoms with Gasteiger partial charge in [-0.05, 0) is 37.1 Å². The molecule has 132 valence electrons. The highest BCUT2D eigenvalue weighted by atomic mass is 16.2. The highest BCUT2D eigenvalue weighted by molar-refractivity contribution is 5.94. The van der Waals surface area contributed by atoms with E-state index in [0.717, 1.165) is 11.3 Å². The first-order valence-electron chi connectivity index (χ1n) is 8.53. The Balaban J connectivity index is 1.79. The number of carbonyl (C=O) groups excluding carboxylic acids is 2. The molecule has 25 heavy (non-hydrogen) atoms. The zero-order valence-electron chi connectivity index (χ0n) is 15.2. The van der Waals surface area contributed by atoms with Crippen molar-refractivity contribution in [2.75, 3.05) is 26.2 Å². The molecule has 0 spiro atoms. The Morgan fingerprint density at radius 2 is 1.60 bits per heavy atom. The Bertz CT molecular complexity index is 817. The van der Waals surface area contributed by atoms with Gasteiger partial charge in [-0.1, -0.05) is 12.1 Å². The largest absolute Gasteiger partial charge is 0.339 e. The number of benzene rings is 1. The third-order valence-electron chi connectivity index (χ3n) is 4.91. The summed E-state index contributed by atoms with van der Waals surface area (Å²) in [5, 5.41) is 4.52. The number of hydrogen-bond acceptors (Lipinski definition) is 3. The van der Waals surface area contributed by atoms with Gasteiger partial charge in [0.1, 0.15) is 5.69 Å². The topological polar surface area (TPSA) is 58.4 Å². The summed E-state index contributed by atoms with van der Waals surface area (Å²) in [6.07, 6.45) is 0. The maximum absolute atomic E-state index is 12.8. The van der Waals surface area contributed by atoms with E-state index in [9.17, 15) is 9.59 Å². The van der Waals surface area contributed by atoms with Crippen LogP contribution in [-0.2, 0) is 11.8 Å². The van der Waals surface area contributed by atoms with Crippen LogP contribution in [-0.4, -0.2) is 57.6 Å². The highest BCUT2D eigenvalue weighted by Crippen LogP contribution is 2.22. The first-order chi connectivity index (χ1) is 11.9. The van der Waals surface area contributed by atoms with Gasteiger partial charge in [-0.25, -0.2) is 0 Å². The maximum Gasteiger partial charge on any atom is 0.272 e. The van der Waals surface area contributed by atoms with Crippen LogP contribution in [0.2, 0.25) is 0 Å². The third-order valence-corrected chi connectivity index (χ3v) is 4.91. The van der Waals surface area contributed by atoms with Gasteiger partial charge in [0.05, 0.1) is 5.69 Å². The Morgan fingerprint density at radius 1 is 0.960 bits per heavy atom. The lowest BCUT2D eigenvalue weighted by Gasteiger charge is -2.34. The van der Waals surface area contributed by atoms with Crippen molar-refractivity contribution in [1.29, 1.82) is 0 Å². The summed E-state index contributed by atoms with van der Waals surface area (Å²) in [6.45, 7) is 8.00. The Hall–Kier alpha value is -2.63. The van der Waals surface area contributed by atoms with Crippen LogP contribution in [0.1, 0.15) is 28.5 Å². The van der Waals surface area contributed by atoms with Gasteiger partial charge in [0.25, 0.3) is 5.91 Å². The molecular formula is C19H24N4O2. The van der Waals surface area contributed by atoms with Crippen LogP contribution in [0.15, 0.2) is 24.3 Å². The molecule has 0 bridgehead atoms. The van der Waals surface area contributed by atoms with Crippen molar-refractivity contribution in [2.45, 2.75) is 20.8 Å². The molecule has 1 aromatic carbocycles. The number of aromatic nitrogens is 2. The van der Waals surface area contributed by atoms with E-state index < -0.39 is 0 Å². The molecule has 1 saturated heterocycles. The van der Waals surface area contributed by atoms with Crippen molar-refractivity contribution in [3.63, 3.8) is 0 Å². The van der Waals surface area contributed by atoms with Gasteiger partial charge in [0.2, 0.25) is 5.91 Å². The average molecular weight is 340 g/mol. The summed E-state index contributed by atoms with van der Waals surface area (Å²) in [4.78, 5) is 27.8. The first kappa shape index (κ1) is 17.2. The van der Waals surface area contributed by atoms with Crippen LogP contribution in [0.5, 0.6) is 0 Å². The monoisotopic (exact) mass is 340 g/mol. The fraction of sp³-hybridized carbons (Fsp3) is 0.421. The van der Waals surface area contributed by atoms with Crippen molar-refractivity contribution in [2.24, 2.45) is 7.05 Å². The minimum Gasteiger partial charge on any atom is -0.339 e. The molecule has 1 aliphatic heterocycles. The van der Waals surface area contributed by atoms with Crippen molar-refractivity contribution in [3.8, 4) is 11.3 Å². The minimum atomic E-state index is -0.0340. The number of rotatable bonds is 2. The van der Waals surface area contributed by atoms with Crippen molar-refractivity contribution < 1.29 is 9.59 Å². The SMILES string of the molecule is CC(=O)N1CCN(C(=O)c2cc(-c3ccc(C)c(C)c3)nn2C)CC1. The molecule has 0 atom stereocenters. The van der Waals surface area contributed by atoms with Gasteiger partial charge in [-0.2, -0.15) is 5.10 Å². The molecule has 2 amide bonds. The highest BCUT2D eigenvalue weighted by Gasteiger charge is 2.25. The van der Waals surface area contributed by atoms with Gasteiger partial charge in [-0.3, -0.25) is 14.3 Å². The summed E-state index contributed by atoms with van der Waals surface area (Å²) in [5.41, 5.74) is 4.83. The summed E-state index contributed by atoms with van der Waals surface area (Å²) in [7, 11) is 1.80. The maximum atomic E-state index is 12.8. The van der Waals surface area contributed by atoms with Gasteiger partial charge >= 0.3 is 0 Å². The molecule has 2 heterocycles. The number of amides is 2.